The Balaban J connectivity index is 1.56. The van der Waals surface area contributed by atoms with Gasteiger partial charge in [0.15, 0.2) is 17.5 Å². The molecule has 2 aromatic heterocycles. The monoisotopic (exact) mass is 606 g/mol. The van der Waals surface area contributed by atoms with Gasteiger partial charge in [0.05, 0.1) is 29.1 Å². The Morgan fingerprint density at radius 3 is 2.45 bits per heavy atom. The molecule has 17 heteroatoms. The number of aromatic nitrogens is 6. The number of nitrogens with zero attached hydrogens (tertiary/aromatic N) is 6. The van der Waals surface area contributed by atoms with Crippen LogP contribution in [0.3, 0.4) is 0 Å². The lowest BCUT2D eigenvalue weighted by Gasteiger charge is -2.41. The zero-order valence-corrected chi connectivity index (χ0v) is 21.2. The van der Waals surface area contributed by atoms with E-state index < -0.39 is 71.1 Å². The van der Waals surface area contributed by atoms with Gasteiger partial charge in [-0.05, 0) is 30.3 Å². The summed E-state index contributed by atoms with van der Waals surface area (Å²) >= 11 is 11.5. The van der Waals surface area contributed by atoms with E-state index in [0.29, 0.717) is 0 Å². The molecule has 5 rings (SSSR count). The molecule has 3 heterocycles. The van der Waals surface area contributed by atoms with E-state index in [2.05, 4.69) is 20.5 Å². The third kappa shape index (κ3) is 4.93. The fourth-order valence-corrected chi connectivity index (χ4v) is 4.78. The second-order valence-corrected chi connectivity index (χ2v) is 9.62. The van der Waals surface area contributed by atoms with Crippen LogP contribution in [-0.2, 0) is 10.9 Å². The summed E-state index contributed by atoms with van der Waals surface area (Å²) in [5.41, 5.74) is -2.06. The van der Waals surface area contributed by atoms with Crippen LogP contribution >= 0.6 is 23.2 Å². The molecule has 0 saturated carbocycles. The van der Waals surface area contributed by atoms with E-state index in [1.54, 1.807) is 0 Å². The zero-order valence-electron chi connectivity index (χ0n) is 19.7. The minimum atomic E-state index is -4.80. The number of ether oxygens (including phenoxy) is 1. The van der Waals surface area contributed by atoms with Gasteiger partial charge in [-0.3, -0.25) is 4.57 Å². The van der Waals surface area contributed by atoms with E-state index in [1.807, 2.05) is 0 Å². The fourth-order valence-electron chi connectivity index (χ4n) is 4.46. The Kier molecular flexibility index (Phi) is 7.54. The molecule has 1 saturated heterocycles. The maximum atomic E-state index is 14.5. The van der Waals surface area contributed by atoms with Crippen molar-refractivity contribution in [3.8, 4) is 16.9 Å². The van der Waals surface area contributed by atoms with Crippen molar-refractivity contribution in [2.24, 2.45) is 0 Å². The predicted octanol–water partition coefficient (Wildman–Crippen LogP) is 3.52. The Morgan fingerprint density at radius 1 is 1.00 bits per heavy atom. The first-order valence-electron chi connectivity index (χ1n) is 11.4. The molecule has 1 fully saturated rings. The lowest BCUT2D eigenvalue weighted by Crippen LogP contribution is -2.53. The van der Waals surface area contributed by atoms with Gasteiger partial charge in [0, 0.05) is 10.6 Å². The topological polar surface area (TPSA) is 131 Å². The van der Waals surface area contributed by atoms with E-state index >= 15 is 0 Å². The largest absolute Gasteiger partial charge is 0.418 e. The summed E-state index contributed by atoms with van der Waals surface area (Å²) in [6, 6.07) is 3.64. The van der Waals surface area contributed by atoms with E-state index in [-0.39, 0.29) is 22.1 Å². The normalized spacial score (nSPS) is 23.5. The number of aliphatic hydroxyl groups is 3. The van der Waals surface area contributed by atoms with Crippen LogP contribution in [0.15, 0.2) is 42.9 Å². The summed E-state index contributed by atoms with van der Waals surface area (Å²) < 4.78 is 77.3. The summed E-state index contributed by atoms with van der Waals surface area (Å²) in [5.74, 6) is -2.95. The van der Waals surface area contributed by atoms with Crippen LogP contribution in [0.25, 0.3) is 16.9 Å². The van der Waals surface area contributed by atoms with Crippen molar-refractivity contribution in [1.82, 2.24) is 29.8 Å². The summed E-state index contributed by atoms with van der Waals surface area (Å²) in [4.78, 5) is 0. The molecule has 0 radical (unpaired) electrons. The van der Waals surface area contributed by atoms with E-state index in [4.69, 9.17) is 27.9 Å². The first kappa shape index (κ1) is 28.3. The standard InChI is InChI=1S/C23H17Cl2F5N6O4/c24-9-1-3-11(23(28,29)30)14(5-9)35-8-31-33-22(35)21-20(39)18(19(38)15(7-37)40-21)36-6-13(32-34-36)10-2-4-12(25)17(27)16(10)26/h1-6,8,15,18-21,37-39H,7H2/t15-,18+,19+,20-,21-/m1/s1. The highest BCUT2D eigenvalue weighted by atomic mass is 35.5. The van der Waals surface area contributed by atoms with Crippen LogP contribution in [0.2, 0.25) is 10.0 Å². The van der Waals surface area contributed by atoms with Crippen molar-refractivity contribution in [3.63, 3.8) is 0 Å². The van der Waals surface area contributed by atoms with Crippen LogP contribution in [0.5, 0.6) is 0 Å². The molecule has 0 amide bonds. The van der Waals surface area contributed by atoms with Crippen molar-refractivity contribution < 1.29 is 42.0 Å². The molecule has 40 heavy (non-hydrogen) atoms. The third-order valence-electron chi connectivity index (χ3n) is 6.37. The molecule has 3 N–H and O–H groups in total. The molecule has 5 atom stereocenters. The maximum absolute atomic E-state index is 14.5. The second-order valence-electron chi connectivity index (χ2n) is 8.77. The SMILES string of the molecule is OC[C@H]1O[C@@H](c2nncn2-c2cc(Cl)ccc2C(F)(F)F)[C@H](O)[C@@H](n2cc(-c3ccc(Cl)c(F)c3F)nn2)[C@H]1O. The fraction of sp³-hybridized carbons (Fsp3) is 0.304. The Bertz CT molecular complexity index is 1550. The molecule has 2 aromatic carbocycles. The van der Waals surface area contributed by atoms with Gasteiger partial charge in [-0.1, -0.05) is 28.4 Å². The number of aliphatic hydroxyl groups excluding tert-OH is 3. The molecule has 0 spiro atoms. The van der Waals surface area contributed by atoms with E-state index in [9.17, 15) is 37.3 Å². The third-order valence-corrected chi connectivity index (χ3v) is 6.90. The van der Waals surface area contributed by atoms with Gasteiger partial charge in [-0.15, -0.1) is 15.3 Å². The highest BCUT2D eigenvalue weighted by molar-refractivity contribution is 6.31. The quantitative estimate of drug-likeness (QED) is 0.232. The van der Waals surface area contributed by atoms with Crippen molar-refractivity contribution in [3.05, 3.63) is 75.9 Å². The Hall–Kier alpha value is -3.21. The van der Waals surface area contributed by atoms with Gasteiger partial charge in [-0.25, -0.2) is 13.5 Å². The molecule has 0 unspecified atom stereocenters. The van der Waals surface area contributed by atoms with Crippen LogP contribution in [-0.4, -0.2) is 70.0 Å². The maximum Gasteiger partial charge on any atom is 0.418 e. The number of benzene rings is 2. The molecular formula is C23H17Cl2F5N6O4. The average molecular weight is 607 g/mol. The lowest BCUT2D eigenvalue weighted by atomic mass is 9.92. The highest BCUT2D eigenvalue weighted by Gasteiger charge is 2.48. The first-order chi connectivity index (χ1) is 18.9. The van der Waals surface area contributed by atoms with Gasteiger partial charge < -0.3 is 20.1 Å². The molecule has 0 aliphatic carbocycles. The number of alkyl halides is 3. The molecular weight excluding hydrogens is 590 g/mol. The number of rotatable bonds is 5. The number of hydrogen-bond donors (Lipinski definition) is 3. The van der Waals surface area contributed by atoms with Gasteiger partial charge >= 0.3 is 6.18 Å². The number of hydrogen-bond acceptors (Lipinski definition) is 8. The molecule has 1 aliphatic heterocycles. The van der Waals surface area contributed by atoms with Gasteiger partial charge in [0.1, 0.15) is 42.5 Å². The van der Waals surface area contributed by atoms with Gasteiger partial charge in [0.25, 0.3) is 0 Å². The molecule has 4 aromatic rings. The van der Waals surface area contributed by atoms with Crippen LogP contribution in [0, 0.1) is 11.6 Å². The highest BCUT2D eigenvalue weighted by Crippen LogP contribution is 2.41. The summed E-state index contributed by atoms with van der Waals surface area (Å²) in [6.45, 7) is -0.779. The van der Waals surface area contributed by atoms with Crippen molar-refractivity contribution in [2.45, 2.75) is 36.6 Å². The zero-order chi connectivity index (χ0) is 28.9. The van der Waals surface area contributed by atoms with Crippen molar-refractivity contribution in [1.29, 1.82) is 0 Å². The molecule has 212 valence electrons. The Morgan fingerprint density at radius 2 is 1.75 bits per heavy atom. The molecule has 1 aliphatic rings. The second kappa shape index (κ2) is 10.6. The first-order valence-corrected chi connectivity index (χ1v) is 12.1. The van der Waals surface area contributed by atoms with Gasteiger partial charge in [0.2, 0.25) is 0 Å². The van der Waals surface area contributed by atoms with Gasteiger partial charge in [-0.2, -0.15) is 13.2 Å². The van der Waals surface area contributed by atoms with Crippen molar-refractivity contribution >= 4 is 23.2 Å². The Labute approximate surface area is 231 Å². The van der Waals surface area contributed by atoms with Crippen molar-refractivity contribution in [2.75, 3.05) is 6.61 Å². The minimum absolute atomic E-state index is 0.0321. The molecule has 10 nitrogen and oxygen atoms in total. The smallest absolute Gasteiger partial charge is 0.394 e. The van der Waals surface area contributed by atoms with Crippen LogP contribution in [0.1, 0.15) is 23.5 Å². The van der Waals surface area contributed by atoms with E-state index in [1.165, 1.54) is 0 Å². The van der Waals surface area contributed by atoms with E-state index in [0.717, 1.165) is 52.1 Å². The minimum Gasteiger partial charge on any atom is -0.394 e. The summed E-state index contributed by atoms with van der Waals surface area (Å²) in [5, 5.41) is 46.6. The molecule has 0 bridgehead atoms. The van der Waals surface area contributed by atoms with Crippen LogP contribution in [0.4, 0.5) is 22.0 Å². The lowest BCUT2D eigenvalue weighted by molar-refractivity contribution is -0.210. The summed E-state index contributed by atoms with van der Waals surface area (Å²) in [6.07, 6.45) is -9.10. The summed E-state index contributed by atoms with van der Waals surface area (Å²) in [7, 11) is 0. The van der Waals surface area contributed by atoms with Crippen LogP contribution < -0.4 is 0 Å². The average Bonchev–Trinajstić information content (AvgIpc) is 3.57. The predicted molar refractivity (Wildman–Crippen MR) is 128 cm³/mol. The number of halogens is 7.